The van der Waals surface area contributed by atoms with E-state index in [-0.39, 0.29) is 17.0 Å². The highest BCUT2D eigenvalue weighted by Gasteiger charge is 2.13. The van der Waals surface area contributed by atoms with Crippen molar-refractivity contribution < 1.29 is 9.53 Å². The zero-order chi connectivity index (χ0) is 13.0. The van der Waals surface area contributed by atoms with E-state index in [4.69, 9.17) is 16.3 Å². The Morgan fingerprint density at radius 1 is 1.33 bits per heavy atom. The molecule has 0 unspecified atom stereocenters. The topological polar surface area (TPSA) is 77.0 Å². The van der Waals surface area contributed by atoms with Gasteiger partial charge in [0.1, 0.15) is 10.7 Å². The summed E-state index contributed by atoms with van der Waals surface area (Å²) in [5, 5.41) is 2.76. The molecular formula is C11H9ClN4O2. The molecule has 0 aliphatic carbocycles. The van der Waals surface area contributed by atoms with Crippen LogP contribution in [0.3, 0.4) is 0 Å². The molecule has 0 saturated carbocycles. The second kappa shape index (κ2) is 5.42. The van der Waals surface area contributed by atoms with E-state index >= 15 is 0 Å². The molecule has 6 nitrogen and oxygen atoms in total. The van der Waals surface area contributed by atoms with Crippen LogP contribution in [0.4, 0.5) is 5.95 Å². The molecular weight excluding hydrogens is 256 g/mol. The normalized spacial score (nSPS) is 9.89. The molecule has 0 saturated heterocycles. The first-order valence-electron chi connectivity index (χ1n) is 4.99. The average Bonchev–Trinajstić information content (AvgIpc) is 2.38. The molecule has 2 rings (SSSR count). The maximum absolute atomic E-state index is 12.0. The van der Waals surface area contributed by atoms with Crippen LogP contribution in [0.25, 0.3) is 0 Å². The van der Waals surface area contributed by atoms with Crippen LogP contribution in [0.2, 0.25) is 5.15 Å². The summed E-state index contributed by atoms with van der Waals surface area (Å²) in [5.74, 6) is -0.0577. The standard InChI is InChI=1S/C11H9ClN4O2/c1-18-10-7(3-2-5-13-10)9(17)16-11-14-6-4-8(12)15-11/h2-6H,1H3,(H,14,15,16,17). The van der Waals surface area contributed by atoms with Gasteiger partial charge in [-0.05, 0) is 18.2 Å². The second-order valence-corrected chi connectivity index (χ2v) is 3.60. The summed E-state index contributed by atoms with van der Waals surface area (Å²) in [6, 6.07) is 4.74. The summed E-state index contributed by atoms with van der Waals surface area (Å²) >= 11 is 5.69. The van der Waals surface area contributed by atoms with Gasteiger partial charge >= 0.3 is 0 Å². The van der Waals surface area contributed by atoms with Crippen LogP contribution in [-0.2, 0) is 0 Å². The highest BCUT2D eigenvalue weighted by molar-refractivity contribution is 6.29. The Labute approximate surface area is 108 Å². The maximum atomic E-state index is 12.0. The molecule has 92 valence electrons. The van der Waals surface area contributed by atoms with Crippen molar-refractivity contribution in [3.8, 4) is 5.88 Å². The monoisotopic (exact) mass is 264 g/mol. The second-order valence-electron chi connectivity index (χ2n) is 3.22. The van der Waals surface area contributed by atoms with Gasteiger partial charge in [0, 0.05) is 12.4 Å². The number of nitrogens with one attached hydrogen (secondary N) is 1. The number of aromatic nitrogens is 3. The summed E-state index contributed by atoms with van der Waals surface area (Å²) in [5.41, 5.74) is 0.295. The van der Waals surface area contributed by atoms with Crippen molar-refractivity contribution in [1.29, 1.82) is 0 Å². The number of hydrogen-bond donors (Lipinski definition) is 1. The summed E-state index contributed by atoms with van der Waals surface area (Å²) in [7, 11) is 1.44. The van der Waals surface area contributed by atoms with Gasteiger partial charge in [0.15, 0.2) is 0 Å². The number of anilines is 1. The number of halogens is 1. The molecule has 0 fully saturated rings. The first kappa shape index (κ1) is 12.3. The fourth-order valence-corrected chi connectivity index (χ4v) is 1.43. The van der Waals surface area contributed by atoms with Gasteiger partial charge in [-0.3, -0.25) is 10.1 Å². The lowest BCUT2D eigenvalue weighted by Crippen LogP contribution is -2.15. The van der Waals surface area contributed by atoms with Crippen LogP contribution < -0.4 is 10.1 Å². The lowest BCUT2D eigenvalue weighted by Gasteiger charge is -2.06. The minimum Gasteiger partial charge on any atom is -0.480 e. The van der Waals surface area contributed by atoms with E-state index in [0.717, 1.165) is 0 Å². The van der Waals surface area contributed by atoms with Crippen molar-refractivity contribution in [2.24, 2.45) is 0 Å². The number of nitrogens with zero attached hydrogens (tertiary/aromatic N) is 3. The fraction of sp³-hybridized carbons (Fsp3) is 0.0909. The number of rotatable bonds is 3. The van der Waals surface area contributed by atoms with Crippen molar-refractivity contribution in [2.75, 3.05) is 12.4 Å². The van der Waals surface area contributed by atoms with Crippen LogP contribution >= 0.6 is 11.6 Å². The molecule has 0 aliphatic rings. The van der Waals surface area contributed by atoms with E-state index in [0.29, 0.717) is 5.56 Å². The van der Waals surface area contributed by atoms with Crippen molar-refractivity contribution in [3.05, 3.63) is 41.3 Å². The third kappa shape index (κ3) is 2.72. The van der Waals surface area contributed by atoms with Gasteiger partial charge in [-0.25, -0.2) is 15.0 Å². The predicted octanol–water partition coefficient (Wildman–Crippen LogP) is 1.79. The van der Waals surface area contributed by atoms with E-state index in [9.17, 15) is 4.79 Å². The molecule has 0 spiro atoms. The van der Waals surface area contributed by atoms with Crippen molar-refractivity contribution >= 4 is 23.5 Å². The third-order valence-corrected chi connectivity index (χ3v) is 2.27. The molecule has 0 atom stereocenters. The fourth-order valence-electron chi connectivity index (χ4n) is 1.29. The summed E-state index contributed by atoms with van der Waals surface area (Å²) < 4.78 is 4.99. The summed E-state index contributed by atoms with van der Waals surface area (Å²) in [4.78, 5) is 23.6. The zero-order valence-corrected chi connectivity index (χ0v) is 10.2. The van der Waals surface area contributed by atoms with Gasteiger partial charge in [0.25, 0.3) is 5.91 Å². The van der Waals surface area contributed by atoms with Crippen LogP contribution in [0.1, 0.15) is 10.4 Å². The van der Waals surface area contributed by atoms with Crippen molar-refractivity contribution in [2.45, 2.75) is 0 Å². The van der Waals surface area contributed by atoms with Crippen LogP contribution in [0.15, 0.2) is 30.6 Å². The molecule has 1 N–H and O–H groups in total. The Morgan fingerprint density at radius 3 is 2.89 bits per heavy atom. The Balaban J connectivity index is 2.22. The summed E-state index contributed by atoms with van der Waals surface area (Å²) in [6.07, 6.45) is 2.98. The largest absolute Gasteiger partial charge is 0.480 e. The van der Waals surface area contributed by atoms with E-state index < -0.39 is 5.91 Å². The molecule has 0 aromatic carbocycles. The number of pyridine rings is 1. The first-order valence-corrected chi connectivity index (χ1v) is 5.37. The highest BCUT2D eigenvalue weighted by atomic mass is 35.5. The summed E-state index contributed by atoms with van der Waals surface area (Å²) in [6.45, 7) is 0. The van der Waals surface area contributed by atoms with Crippen molar-refractivity contribution in [1.82, 2.24) is 15.0 Å². The third-order valence-electron chi connectivity index (χ3n) is 2.06. The quantitative estimate of drug-likeness (QED) is 0.855. The van der Waals surface area contributed by atoms with Crippen molar-refractivity contribution in [3.63, 3.8) is 0 Å². The maximum Gasteiger partial charge on any atom is 0.263 e. The predicted molar refractivity (Wildman–Crippen MR) is 65.8 cm³/mol. The minimum absolute atomic E-state index is 0.124. The molecule has 0 bridgehead atoms. The Hall–Kier alpha value is -2.21. The Morgan fingerprint density at radius 2 is 2.17 bits per heavy atom. The molecule has 18 heavy (non-hydrogen) atoms. The van der Waals surface area contributed by atoms with Gasteiger partial charge < -0.3 is 4.74 Å². The Kier molecular flexibility index (Phi) is 3.69. The molecule has 0 radical (unpaired) electrons. The first-order chi connectivity index (χ1) is 8.70. The zero-order valence-electron chi connectivity index (χ0n) is 9.42. The smallest absolute Gasteiger partial charge is 0.263 e. The molecule has 2 aromatic rings. The van der Waals surface area contributed by atoms with Gasteiger partial charge in [-0.15, -0.1) is 0 Å². The molecule has 2 aromatic heterocycles. The van der Waals surface area contributed by atoms with E-state index in [2.05, 4.69) is 20.3 Å². The van der Waals surface area contributed by atoms with Gasteiger partial charge in [-0.1, -0.05) is 11.6 Å². The molecule has 7 heteroatoms. The van der Waals surface area contributed by atoms with Gasteiger partial charge in [-0.2, -0.15) is 0 Å². The van der Waals surface area contributed by atoms with E-state index in [1.165, 1.54) is 25.6 Å². The minimum atomic E-state index is -0.415. The van der Waals surface area contributed by atoms with Crippen LogP contribution in [-0.4, -0.2) is 28.0 Å². The highest BCUT2D eigenvalue weighted by Crippen LogP contribution is 2.15. The number of ether oxygens (including phenoxy) is 1. The molecule has 1 amide bonds. The number of carbonyl (C=O) groups is 1. The molecule has 0 aliphatic heterocycles. The van der Waals surface area contributed by atoms with E-state index in [1.807, 2.05) is 0 Å². The number of hydrogen-bond acceptors (Lipinski definition) is 5. The number of amides is 1. The van der Waals surface area contributed by atoms with Crippen LogP contribution in [0.5, 0.6) is 5.88 Å². The van der Waals surface area contributed by atoms with E-state index in [1.54, 1.807) is 12.1 Å². The average molecular weight is 265 g/mol. The number of carbonyl (C=O) groups excluding carboxylic acids is 1. The lowest BCUT2D eigenvalue weighted by molar-refractivity contribution is 0.102. The Bertz CT molecular complexity index is 576. The van der Waals surface area contributed by atoms with Gasteiger partial charge in [0.05, 0.1) is 7.11 Å². The molecule has 2 heterocycles. The lowest BCUT2D eigenvalue weighted by atomic mass is 10.2. The van der Waals surface area contributed by atoms with Gasteiger partial charge in [0.2, 0.25) is 11.8 Å². The number of methoxy groups -OCH3 is 1. The van der Waals surface area contributed by atoms with Crippen LogP contribution in [0, 0.1) is 0 Å². The SMILES string of the molecule is COc1ncccc1C(=O)Nc1nccc(Cl)n1.